The Labute approximate surface area is 147 Å². The summed E-state index contributed by atoms with van der Waals surface area (Å²) in [6.07, 6.45) is 1.12. The molecule has 2 atom stereocenters. The Bertz CT molecular complexity index is 738. The van der Waals surface area contributed by atoms with Crippen LogP contribution in [0.3, 0.4) is 0 Å². The number of anilines is 1. The third kappa shape index (κ3) is 3.07. The van der Waals surface area contributed by atoms with E-state index in [-0.39, 0.29) is 17.9 Å². The monoisotopic (exact) mass is 341 g/mol. The maximum atomic E-state index is 10.3. The Morgan fingerprint density at radius 3 is 2.80 bits per heavy atom. The first-order valence-electron chi connectivity index (χ1n) is 8.74. The predicted octanol–water partition coefficient (Wildman–Crippen LogP) is 2.46. The second-order valence-electron chi connectivity index (χ2n) is 6.79. The zero-order chi connectivity index (χ0) is 17.4. The van der Waals surface area contributed by atoms with Gasteiger partial charge in [0, 0.05) is 18.7 Å². The number of fused-ring (bicyclic) bond motifs is 1. The number of phenolic OH excluding ortho intramolecular Hbond substituents is 1. The molecule has 0 saturated carbocycles. The van der Waals surface area contributed by atoms with Crippen LogP contribution in [0.1, 0.15) is 17.5 Å². The molecule has 1 aromatic heterocycles. The van der Waals surface area contributed by atoms with Crippen molar-refractivity contribution >= 4 is 5.82 Å². The minimum absolute atomic E-state index is 0.192. The molecule has 6 nitrogen and oxygen atoms in total. The summed E-state index contributed by atoms with van der Waals surface area (Å²) in [6.45, 7) is 6.84. The molecule has 0 radical (unpaired) electrons. The Morgan fingerprint density at radius 2 is 2.04 bits per heavy atom. The summed E-state index contributed by atoms with van der Waals surface area (Å²) in [4.78, 5) is 2.23. The molecule has 3 heterocycles. The number of phenols is 1. The first-order chi connectivity index (χ1) is 12.1. The van der Waals surface area contributed by atoms with Crippen molar-refractivity contribution in [3.05, 3.63) is 35.4 Å². The van der Waals surface area contributed by atoms with Gasteiger partial charge in [-0.25, -0.2) is 0 Å². The van der Waals surface area contributed by atoms with E-state index in [1.54, 1.807) is 6.07 Å². The fourth-order valence-electron chi connectivity index (χ4n) is 3.83. The van der Waals surface area contributed by atoms with Gasteiger partial charge in [0.1, 0.15) is 5.75 Å². The molecule has 1 aromatic carbocycles. The quantitative estimate of drug-likeness (QED) is 0.905. The minimum Gasteiger partial charge on any atom is -0.507 e. The molecule has 0 bridgehead atoms. The first kappa shape index (κ1) is 16.3. The van der Waals surface area contributed by atoms with Crippen molar-refractivity contribution in [1.82, 2.24) is 10.2 Å². The molecule has 2 saturated heterocycles. The van der Waals surface area contributed by atoms with Crippen molar-refractivity contribution in [2.24, 2.45) is 0 Å². The molecule has 2 aliphatic rings. The number of aromatic nitrogens is 2. The highest BCUT2D eigenvalue weighted by atomic mass is 16.5. The van der Waals surface area contributed by atoms with Gasteiger partial charge in [0.25, 0.3) is 0 Å². The molecule has 132 valence electrons. The topological polar surface area (TPSA) is 67.7 Å². The smallest absolute Gasteiger partial charge is 0.151 e. The first-order valence-corrected chi connectivity index (χ1v) is 8.74. The summed E-state index contributed by atoms with van der Waals surface area (Å²) in [5, 5.41) is 19.1. The van der Waals surface area contributed by atoms with Gasteiger partial charge < -0.3 is 19.5 Å². The van der Waals surface area contributed by atoms with Crippen LogP contribution in [0.2, 0.25) is 0 Å². The molecule has 25 heavy (non-hydrogen) atoms. The maximum Gasteiger partial charge on any atom is 0.151 e. The van der Waals surface area contributed by atoms with Gasteiger partial charge in [-0.1, -0.05) is 6.07 Å². The van der Waals surface area contributed by atoms with E-state index in [1.807, 2.05) is 32.0 Å². The van der Waals surface area contributed by atoms with Crippen LogP contribution in [-0.4, -0.2) is 53.8 Å². The van der Waals surface area contributed by atoms with E-state index in [1.165, 1.54) is 0 Å². The number of aryl methyl sites for hydroxylation is 2. The third-order valence-corrected chi connectivity index (χ3v) is 4.99. The van der Waals surface area contributed by atoms with E-state index in [0.29, 0.717) is 18.9 Å². The number of hydrogen-bond donors (Lipinski definition) is 1. The number of morpholine rings is 1. The van der Waals surface area contributed by atoms with Crippen LogP contribution >= 0.6 is 0 Å². The molecule has 2 aliphatic heterocycles. The Balaban J connectivity index is 1.62. The molecule has 0 spiro atoms. The van der Waals surface area contributed by atoms with Crippen LogP contribution in [0.15, 0.2) is 24.3 Å². The summed E-state index contributed by atoms with van der Waals surface area (Å²) in [5.74, 6) is 1.07. The van der Waals surface area contributed by atoms with E-state index < -0.39 is 0 Å². The van der Waals surface area contributed by atoms with E-state index in [9.17, 15) is 5.11 Å². The average Bonchev–Trinajstić information content (AvgIpc) is 2.61. The highest BCUT2D eigenvalue weighted by molar-refractivity contribution is 5.71. The van der Waals surface area contributed by atoms with Crippen LogP contribution in [-0.2, 0) is 9.47 Å². The second-order valence-corrected chi connectivity index (χ2v) is 6.79. The minimum atomic E-state index is 0.192. The highest BCUT2D eigenvalue weighted by Crippen LogP contribution is 2.33. The van der Waals surface area contributed by atoms with Gasteiger partial charge in [0.15, 0.2) is 5.82 Å². The Kier molecular flexibility index (Phi) is 4.31. The van der Waals surface area contributed by atoms with E-state index in [4.69, 9.17) is 9.47 Å². The molecule has 6 heteroatoms. The number of rotatable bonds is 2. The van der Waals surface area contributed by atoms with Gasteiger partial charge in [-0.05, 0) is 49.6 Å². The van der Waals surface area contributed by atoms with Gasteiger partial charge in [-0.3, -0.25) is 0 Å². The highest BCUT2D eigenvalue weighted by Gasteiger charge is 2.35. The van der Waals surface area contributed by atoms with Crippen molar-refractivity contribution in [1.29, 1.82) is 0 Å². The maximum absolute atomic E-state index is 10.3. The van der Waals surface area contributed by atoms with Crippen molar-refractivity contribution < 1.29 is 14.6 Å². The lowest BCUT2D eigenvalue weighted by atomic mass is 10.0. The fourth-order valence-corrected chi connectivity index (χ4v) is 3.83. The standard InChI is InChI=1S/C19H23N3O3/c1-12-9-13(2)19(16(23)10-12)14-3-4-18(21-20-14)22-6-8-25-17-5-7-24-11-15(17)22/h3-4,9-10,15,17,23H,5-8,11H2,1-2H3/t15-,17+/m1/s1. The van der Waals surface area contributed by atoms with Crippen LogP contribution in [0, 0.1) is 13.8 Å². The average molecular weight is 341 g/mol. The van der Waals surface area contributed by atoms with Crippen LogP contribution in [0.5, 0.6) is 5.75 Å². The lowest BCUT2D eigenvalue weighted by Gasteiger charge is -2.43. The fraction of sp³-hybridized carbons (Fsp3) is 0.474. The Morgan fingerprint density at radius 1 is 1.16 bits per heavy atom. The zero-order valence-electron chi connectivity index (χ0n) is 14.6. The van der Waals surface area contributed by atoms with Crippen molar-refractivity contribution in [2.75, 3.05) is 31.3 Å². The molecule has 0 amide bonds. The Hall–Kier alpha value is -2.18. The predicted molar refractivity (Wildman–Crippen MR) is 94.9 cm³/mol. The molecule has 1 N–H and O–H groups in total. The van der Waals surface area contributed by atoms with Crippen molar-refractivity contribution in [3.8, 4) is 17.0 Å². The molecule has 4 rings (SSSR count). The zero-order valence-corrected chi connectivity index (χ0v) is 14.6. The third-order valence-electron chi connectivity index (χ3n) is 4.99. The van der Waals surface area contributed by atoms with Crippen LogP contribution in [0.4, 0.5) is 5.82 Å². The SMILES string of the molecule is Cc1cc(C)c(-c2ccc(N3CCO[C@H]4CCOC[C@H]43)nn2)c(O)c1. The number of hydrogen-bond acceptors (Lipinski definition) is 6. The number of ether oxygens (including phenoxy) is 2. The number of aromatic hydroxyl groups is 1. The van der Waals surface area contributed by atoms with Crippen molar-refractivity contribution in [2.45, 2.75) is 32.4 Å². The van der Waals surface area contributed by atoms with Gasteiger partial charge in [0.2, 0.25) is 0 Å². The largest absolute Gasteiger partial charge is 0.507 e. The summed E-state index contributed by atoms with van der Waals surface area (Å²) in [6, 6.07) is 7.88. The summed E-state index contributed by atoms with van der Waals surface area (Å²) < 4.78 is 11.5. The van der Waals surface area contributed by atoms with E-state index >= 15 is 0 Å². The lowest BCUT2D eigenvalue weighted by molar-refractivity contribution is -0.0655. The van der Waals surface area contributed by atoms with Gasteiger partial charge >= 0.3 is 0 Å². The van der Waals surface area contributed by atoms with Crippen LogP contribution in [0.25, 0.3) is 11.3 Å². The summed E-state index contributed by atoms with van der Waals surface area (Å²) in [7, 11) is 0. The molecular formula is C19H23N3O3. The molecule has 2 aromatic rings. The van der Waals surface area contributed by atoms with Gasteiger partial charge in [-0.15, -0.1) is 10.2 Å². The second kappa shape index (κ2) is 6.61. The number of benzene rings is 1. The molecule has 0 aliphatic carbocycles. The van der Waals surface area contributed by atoms with Gasteiger partial charge in [-0.2, -0.15) is 0 Å². The molecule has 0 unspecified atom stereocenters. The van der Waals surface area contributed by atoms with Crippen LogP contribution < -0.4 is 4.90 Å². The van der Waals surface area contributed by atoms with E-state index in [0.717, 1.165) is 42.1 Å². The van der Waals surface area contributed by atoms with Gasteiger partial charge in [0.05, 0.1) is 31.1 Å². The molecular weight excluding hydrogens is 318 g/mol. The lowest BCUT2D eigenvalue weighted by Crippen LogP contribution is -2.56. The summed E-state index contributed by atoms with van der Waals surface area (Å²) >= 11 is 0. The van der Waals surface area contributed by atoms with E-state index in [2.05, 4.69) is 15.1 Å². The number of nitrogens with zero attached hydrogens (tertiary/aromatic N) is 3. The molecule has 2 fully saturated rings. The summed E-state index contributed by atoms with van der Waals surface area (Å²) in [5.41, 5.74) is 3.45. The normalized spacial score (nSPS) is 23.4. The van der Waals surface area contributed by atoms with Crippen molar-refractivity contribution in [3.63, 3.8) is 0 Å².